The molecule has 4 rings (SSSR count). The van der Waals surface area contributed by atoms with Crippen LogP contribution in [0.4, 0.5) is 5.69 Å². The van der Waals surface area contributed by atoms with Gasteiger partial charge in [-0.3, -0.25) is 9.59 Å². The molecule has 0 bridgehead atoms. The minimum absolute atomic E-state index is 0.132. The van der Waals surface area contributed by atoms with Crippen LogP contribution in [0.1, 0.15) is 36.0 Å². The average molecular weight is 413 g/mol. The second-order valence-electron chi connectivity index (χ2n) is 7.14. The van der Waals surface area contributed by atoms with E-state index in [1.54, 1.807) is 12.1 Å². The van der Waals surface area contributed by atoms with Gasteiger partial charge in [0.25, 0.3) is 5.91 Å². The molecule has 0 radical (unpaired) electrons. The highest BCUT2D eigenvalue weighted by molar-refractivity contribution is 8.00. The molecule has 6 nitrogen and oxygen atoms in total. The topological polar surface area (TPSA) is 76.7 Å². The van der Waals surface area contributed by atoms with Crippen LogP contribution in [0.15, 0.2) is 47.4 Å². The van der Waals surface area contributed by atoms with Crippen LogP contribution in [0.2, 0.25) is 0 Å². The maximum absolute atomic E-state index is 12.6. The van der Waals surface area contributed by atoms with E-state index in [9.17, 15) is 9.59 Å². The van der Waals surface area contributed by atoms with Gasteiger partial charge in [-0.2, -0.15) is 0 Å². The van der Waals surface area contributed by atoms with Crippen molar-refractivity contribution in [2.45, 2.75) is 36.6 Å². The number of amides is 2. The average Bonchev–Trinajstić information content (AvgIpc) is 3.25. The molecule has 2 aromatic rings. The molecule has 1 fully saturated rings. The lowest BCUT2D eigenvalue weighted by atomic mass is 10.1. The first-order valence-corrected chi connectivity index (χ1v) is 10.9. The lowest BCUT2D eigenvalue weighted by Gasteiger charge is -2.18. The zero-order valence-corrected chi connectivity index (χ0v) is 16.9. The molecule has 0 saturated heterocycles. The van der Waals surface area contributed by atoms with Gasteiger partial charge < -0.3 is 20.1 Å². The standard InChI is InChI=1S/C22H24N2O4S/c25-21(14-29-16-9-10-19-20(13-16)28-12-11-27-19)24-18-8-4-3-7-17(18)22(26)23-15-5-1-2-6-15/h3-4,7-10,13,15H,1-2,5-6,11-12,14H2,(H,23,26)(H,24,25). The normalized spacial score (nSPS) is 15.7. The number of carbonyl (C=O) groups is 2. The predicted molar refractivity (Wildman–Crippen MR) is 113 cm³/mol. The van der Waals surface area contributed by atoms with Crippen LogP contribution >= 0.6 is 11.8 Å². The number of fused-ring (bicyclic) bond motifs is 1. The summed E-state index contributed by atoms with van der Waals surface area (Å²) in [7, 11) is 0. The summed E-state index contributed by atoms with van der Waals surface area (Å²) < 4.78 is 11.1. The van der Waals surface area contributed by atoms with Gasteiger partial charge in [-0.25, -0.2) is 0 Å². The summed E-state index contributed by atoms with van der Waals surface area (Å²) in [5.74, 6) is 1.37. The summed E-state index contributed by atoms with van der Waals surface area (Å²) in [6, 6.07) is 13.0. The predicted octanol–water partition coefficient (Wildman–Crippen LogP) is 3.86. The fraction of sp³-hybridized carbons (Fsp3) is 0.364. The molecule has 1 saturated carbocycles. The first kappa shape index (κ1) is 19.6. The molecule has 0 spiro atoms. The molecule has 2 aliphatic rings. The van der Waals surface area contributed by atoms with E-state index in [2.05, 4.69) is 10.6 Å². The highest BCUT2D eigenvalue weighted by Gasteiger charge is 2.20. The van der Waals surface area contributed by atoms with Gasteiger partial charge in [0.15, 0.2) is 11.5 Å². The summed E-state index contributed by atoms with van der Waals surface area (Å²) >= 11 is 1.41. The number of ether oxygens (including phenoxy) is 2. The fourth-order valence-corrected chi connectivity index (χ4v) is 4.30. The van der Waals surface area contributed by atoms with Gasteiger partial charge in [0.05, 0.1) is 17.0 Å². The van der Waals surface area contributed by atoms with E-state index in [4.69, 9.17) is 9.47 Å². The van der Waals surface area contributed by atoms with E-state index >= 15 is 0 Å². The van der Waals surface area contributed by atoms with Crippen LogP contribution < -0.4 is 20.1 Å². The number of hydrogen-bond acceptors (Lipinski definition) is 5. The second-order valence-corrected chi connectivity index (χ2v) is 8.19. The Morgan fingerprint density at radius 2 is 1.76 bits per heavy atom. The minimum Gasteiger partial charge on any atom is -0.486 e. The molecule has 7 heteroatoms. The van der Waals surface area contributed by atoms with E-state index in [0.29, 0.717) is 30.2 Å². The quantitative estimate of drug-likeness (QED) is 0.705. The summed E-state index contributed by atoms with van der Waals surface area (Å²) in [4.78, 5) is 26.0. The Balaban J connectivity index is 1.35. The van der Waals surface area contributed by atoms with E-state index < -0.39 is 0 Å². The van der Waals surface area contributed by atoms with Crippen molar-refractivity contribution in [2.24, 2.45) is 0 Å². The number of anilines is 1. The fourth-order valence-electron chi connectivity index (χ4n) is 3.57. The summed E-state index contributed by atoms with van der Waals surface area (Å²) in [5.41, 5.74) is 1.04. The number of carbonyl (C=O) groups excluding carboxylic acids is 2. The van der Waals surface area contributed by atoms with Gasteiger partial charge in [0, 0.05) is 10.9 Å². The minimum atomic E-state index is -0.161. The molecule has 2 N–H and O–H groups in total. The van der Waals surface area contributed by atoms with Gasteiger partial charge >= 0.3 is 0 Å². The van der Waals surface area contributed by atoms with Crippen molar-refractivity contribution in [1.29, 1.82) is 0 Å². The Kier molecular flexibility index (Phi) is 6.24. The molecule has 2 amide bonds. The molecule has 2 aromatic carbocycles. The third kappa shape index (κ3) is 5.03. The molecule has 0 aromatic heterocycles. The van der Waals surface area contributed by atoms with Crippen LogP contribution in [-0.4, -0.2) is 36.8 Å². The number of benzene rings is 2. The van der Waals surface area contributed by atoms with Crippen molar-refractivity contribution >= 4 is 29.3 Å². The van der Waals surface area contributed by atoms with Gasteiger partial charge in [0.1, 0.15) is 13.2 Å². The van der Waals surface area contributed by atoms with Gasteiger partial charge in [-0.1, -0.05) is 25.0 Å². The molecular formula is C22H24N2O4S. The molecule has 29 heavy (non-hydrogen) atoms. The third-order valence-corrected chi connectivity index (χ3v) is 6.01. The number of thioether (sulfide) groups is 1. The summed E-state index contributed by atoms with van der Waals surface area (Å²) in [5, 5.41) is 5.95. The molecule has 152 valence electrons. The van der Waals surface area contributed by atoms with Gasteiger partial charge in [-0.15, -0.1) is 11.8 Å². The summed E-state index contributed by atoms with van der Waals surface area (Å²) in [6.45, 7) is 1.08. The smallest absolute Gasteiger partial charge is 0.253 e. The number of nitrogens with one attached hydrogen (secondary N) is 2. The highest BCUT2D eigenvalue weighted by atomic mass is 32.2. The number of hydrogen-bond donors (Lipinski definition) is 2. The van der Waals surface area contributed by atoms with Crippen LogP contribution in [-0.2, 0) is 4.79 Å². The van der Waals surface area contributed by atoms with Crippen LogP contribution in [0, 0.1) is 0 Å². The lowest BCUT2D eigenvalue weighted by molar-refractivity contribution is -0.113. The molecule has 0 atom stereocenters. The van der Waals surface area contributed by atoms with Crippen LogP contribution in [0.3, 0.4) is 0 Å². The van der Waals surface area contributed by atoms with Crippen LogP contribution in [0.25, 0.3) is 0 Å². The van der Waals surface area contributed by atoms with E-state index in [-0.39, 0.29) is 23.6 Å². The first-order valence-electron chi connectivity index (χ1n) is 9.91. The Morgan fingerprint density at radius 1 is 1.00 bits per heavy atom. The van der Waals surface area contributed by atoms with Crippen molar-refractivity contribution < 1.29 is 19.1 Å². The third-order valence-electron chi connectivity index (χ3n) is 5.02. The van der Waals surface area contributed by atoms with Gasteiger partial charge in [0.2, 0.25) is 5.91 Å². The zero-order chi connectivity index (χ0) is 20.1. The Bertz CT molecular complexity index is 896. The van der Waals surface area contributed by atoms with E-state index in [0.717, 1.165) is 36.3 Å². The number of rotatable bonds is 6. The maximum atomic E-state index is 12.6. The molecular weight excluding hydrogens is 388 g/mol. The van der Waals surface area contributed by atoms with Crippen molar-refractivity contribution in [3.63, 3.8) is 0 Å². The van der Waals surface area contributed by atoms with Crippen molar-refractivity contribution in [3.05, 3.63) is 48.0 Å². The first-order chi connectivity index (χ1) is 14.2. The maximum Gasteiger partial charge on any atom is 0.253 e. The Labute approximate surface area is 174 Å². The molecule has 1 aliphatic heterocycles. The van der Waals surface area contributed by atoms with Crippen molar-refractivity contribution in [2.75, 3.05) is 24.3 Å². The van der Waals surface area contributed by atoms with Crippen LogP contribution in [0.5, 0.6) is 11.5 Å². The molecule has 0 unspecified atom stereocenters. The zero-order valence-electron chi connectivity index (χ0n) is 16.1. The number of para-hydroxylation sites is 1. The monoisotopic (exact) mass is 412 g/mol. The molecule has 1 aliphatic carbocycles. The SMILES string of the molecule is O=C(CSc1ccc2c(c1)OCCO2)Nc1ccccc1C(=O)NC1CCCC1. The van der Waals surface area contributed by atoms with Gasteiger partial charge in [-0.05, 0) is 43.2 Å². The lowest BCUT2D eigenvalue weighted by Crippen LogP contribution is -2.33. The van der Waals surface area contributed by atoms with Crippen molar-refractivity contribution in [1.82, 2.24) is 5.32 Å². The van der Waals surface area contributed by atoms with E-state index in [1.165, 1.54) is 11.8 Å². The Morgan fingerprint density at radius 3 is 2.59 bits per heavy atom. The van der Waals surface area contributed by atoms with Crippen molar-refractivity contribution in [3.8, 4) is 11.5 Å². The summed E-state index contributed by atoms with van der Waals surface area (Å²) in [6.07, 6.45) is 4.35. The molecule has 1 heterocycles. The highest BCUT2D eigenvalue weighted by Crippen LogP contribution is 2.34. The largest absolute Gasteiger partial charge is 0.486 e. The second kappa shape index (κ2) is 9.22. The Hall–Kier alpha value is -2.67. The van der Waals surface area contributed by atoms with E-state index in [1.807, 2.05) is 30.3 Å².